The van der Waals surface area contributed by atoms with Crippen molar-refractivity contribution in [2.24, 2.45) is 0 Å². The molecule has 2 heterocycles. The Morgan fingerprint density at radius 2 is 1.74 bits per heavy atom. The van der Waals surface area contributed by atoms with Crippen molar-refractivity contribution in [2.45, 2.75) is 13.0 Å². The van der Waals surface area contributed by atoms with E-state index in [2.05, 4.69) is 5.92 Å². The number of ether oxygens (including phenoxy) is 1. The van der Waals surface area contributed by atoms with E-state index in [0.29, 0.717) is 0 Å². The first kappa shape index (κ1) is 16.8. The number of imide groups is 1. The summed E-state index contributed by atoms with van der Waals surface area (Å²) in [6.07, 6.45) is 4.51. The monoisotopic (exact) mass is 364 g/mol. The average molecular weight is 364 g/mol. The third kappa shape index (κ3) is 2.38. The van der Waals surface area contributed by atoms with Gasteiger partial charge in [-0.1, -0.05) is 18.1 Å². The van der Waals surface area contributed by atoms with Crippen LogP contribution < -0.4 is 14.5 Å². The van der Waals surface area contributed by atoms with Gasteiger partial charge in [0.25, 0.3) is 17.7 Å². The number of hydrogen-bond acceptors (Lipinski definition) is 4. The van der Waals surface area contributed by atoms with Crippen LogP contribution in [-0.4, -0.2) is 30.4 Å². The molecule has 1 atom stereocenters. The van der Waals surface area contributed by atoms with Gasteiger partial charge in [0.1, 0.15) is 5.75 Å². The molecular weight excluding hydrogens is 351 g/mol. The van der Waals surface area contributed by atoms with Crippen LogP contribution in [0.2, 0.25) is 0 Å². The highest BCUT2D eigenvalue weighted by molar-refractivity contribution is 6.34. The lowest BCUT2D eigenvalue weighted by Gasteiger charge is -2.32. The van der Waals surface area contributed by atoms with Gasteiger partial charge in [-0.05, 0) is 25.1 Å². The van der Waals surface area contributed by atoms with Crippen molar-refractivity contribution in [1.29, 1.82) is 0 Å². The minimum atomic E-state index is -0.824. The molecule has 27 heavy (non-hydrogen) atoms. The van der Waals surface area contributed by atoms with Crippen molar-refractivity contribution in [3.8, 4) is 18.1 Å². The van der Waals surface area contributed by atoms with Crippen LogP contribution in [-0.2, 0) is 4.79 Å². The SMILES string of the molecule is C#CCN1C(=O)C(C)Oc2cc(F)c(N3C(=O)c4ccccc4C3=O)cc21. The highest BCUT2D eigenvalue weighted by Crippen LogP contribution is 2.40. The molecule has 1 unspecified atom stereocenters. The van der Waals surface area contributed by atoms with Crippen molar-refractivity contribution < 1.29 is 23.5 Å². The van der Waals surface area contributed by atoms with E-state index in [1.54, 1.807) is 12.1 Å². The Hall–Kier alpha value is -3.66. The quantitative estimate of drug-likeness (QED) is 0.606. The summed E-state index contributed by atoms with van der Waals surface area (Å²) in [6, 6.07) is 8.56. The number of terminal acetylenes is 1. The summed E-state index contributed by atoms with van der Waals surface area (Å²) >= 11 is 0. The third-order valence-corrected chi connectivity index (χ3v) is 4.52. The normalized spacial score (nSPS) is 18.1. The maximum Gasteiger partial charge on any atom is 0.268 e. The zero-order valence-electron chi connectivity index (χ0n) is 14.2. The first-order valence-corrected chi connectivity index (χ1v) is 8.17. The van der Waals surface area contributed by atoms with Gasteiger partial charge in [-0.25, -0.2) is 9.29 Å². The summed E-state index contributed by atoms with van der Waals surface area (Å²) in [5.74, 6) is 0.0301. The Kier molecular flexibility index (Phi) is 3.70. The Labute approximate surface area is 154 Å². The fraction of sp³-hybridized carbons (Fsp3) is 0.150. The first-order chi connectivity index (χ1) is 12.9. The second-order valence-electron chi connectivity index (χ2n) is 6.15. The Morgan fingerprint density at radius 3 is 2.33 bits per heavy atom. The van der Waals surface area contributed by atoms with Crippen LogP contribution in [0.3, 0.4) is 0 Å². The summed E-state index contributed by atoms with van der Waals surface area (Å²) in [5, 5.41) is 0. The van der Waals surface area contributed by atoms with E-state index in [9.17, 15) is 18.8 Å². The van der Waals surface area contributed by atoms with E-state index in [4.69, 9.17) is 11.2 Å². The number of anilines is 2. The number of hydrogen-bond donors (Lipinski definition) is 0. The van der Waals surface area contributed by atoms with Gasteiger partial charge in [0.15, 0.2) is 11.9 Å². The van der Waals surface area contributed by atoms with Crippen LogP contribution in [0.15, 0.2) is 36.4 Å². The second-order valence-corrected chi connectivity index (χ2v) is 6.15. The third-order valence-electron chi connectivity index (χ3n) is 4.52. The minimum Gasteiger partial charge on any atom is -0.479 e. The van der Waals surface area contributed by atoms with Crippen molar-refractivity contribution in [1.82, 2.24) is 0 Å². The number of rotatable bonds is 2. The Balaban J connectivity index is 1.85. The van der Waals surface area contributed by atoms with E-state index < -0.39 is 23.7 Å². The predicted octanol–water partition coefficient (Wildman–Crippen LogP) is 2.37. The largest absolute Gasteiger partial charge is 0.479 e. The fourth-order valence-electron chi connectivity index (χ4n) is 3.25. The molecule has 0 spiro atoms. The number of fused-ring (bicyclic) bond motifs is 2. The van der Waals surface area contributed by atoms with E-state index in [-0.39, 0.29) is 40.7 Å². The molecule has 0 saturated carbocycles. The topological polar surface area (TPSA) is 66.9 Å². The second kappa shape index (κ2) is 5.95. The minimum absolute atomic E-state index is 0.0489. The highest BCUT2D eigenvalue weighted by atomic mass is 19.1. The van der Waals surface area contributed by atoms with Crippen molar-refractivity contribution >= 4 is 29.1 Å². The Morgan fingerprint density at radius 1 is 1.11 bits per heavy atom. The summed E-state index contributed by atoms with van der Waals surface area (Å²) in [4.78, 5) is 39.7. The molecular formula is C20H13FN2O4. The maximum absolute atomic E-state index is 14.8. The number of benzene rings is 2. The first-order valence-electron chi connectivity index (χ1n) is 8.17. The molecule has 0 aromatic heterocycles. The molecule has 2 aromatic carbocycles. The van der Waals surface area contributed by atoms with E-state index >= 15 is 0 Å². The molecule has 0 radical (unpaired) electrons. The van der Waals surface area contributed by atoms with Gasteiger partial charge in [-0.3, -0.25) is 19.3 Å². The lowest BCUT2D eigenvalue weighted by Crippen LogP contribution is -2.44. The van der Waals surface area contributed by atoms with Gasteiger partial charge in [-0.2, -0.15) is 0 Å². The number of amides is 3. The molecule has 0 N–H and O–H groups in total. The zero-order valence-corrected chi connectivity index (χ0v) is 14.2. The molecule has 0 bridgehead atoms. The van der Waals surface area contributed by atoms with E-state index in [1.165, 1.54) is 30.0 Å². The number of nitrogens with zero attached hydrogens (tertiary/aromatic N) is 2. The lowest BCUT2D eigenvalue weighted by atomic mass is 10.1. The molecule has 7 heteroatoms. The van der Waals surface area contributed by atoms with Gasteiger partial charge in [0.2, 0.25) is 0 Å². The summed E-state index contributed by atoms with van der Waals surface area (Å²) < 4.78 is 20.2. The fourth-order valence-corrected chi connectivity index (χ4v) is 3.25. The van der Waals surface area contributed by atoms with Gasteiger partial charge >= 0.3 is 0 Å². The van der Waals surface area contributed by atoms with Crippen LogP contribution in [0.4, 0.5) is 15.8 Å². The van der Waals surface area contributed by atoms with Crippen LogP contribution >= 0.6 is 0 Å². The van der Waals surface area contributed by atoms with E-state index in [1.807, 2.05) is 0 Å². The van der Waals surface area contributed by atoms with E-state index in [0.717, 1.165) is 11.0 Å². The molecule has 6 nitrogen and oxygen atoms in total. The summed E-state index contributed by atoms with van der Waals surface area (Å²) in [6.45, 7) is 1.48. The number of halogens is 1. The molecule has 4 rings (SSSR count). The highest BCUT2D eigenvalue weighted by Gasteiger charge is 2.40. The van der Waals surface area contributed by atoms with Gasteiger partial charge in [0, 0.05) is 6.07 Å². The average Bonchev–Trinajstić information content (AvgIpc) is 2.90. The van der Waals surface area contributed by atoms with Crippen LogP contribution in [0.1, 0.15) is 27.6 Å². The van der Waals surface area contributed by atoms with Gasteiger partial charge in [0.05, 0.1) is 29.0 Å². The lowest BCUT2D eigenvalue weighted by molar-refractivity contribution is -0.125. The predicted molar refractivity (Wildman–Crippen MR) is 95.3 cm³/mol. The molecule has 0 saturated heterocycles. The van der Waals surface area contributed by atoms with Gasteiger partial charge < -0.3 is 4.74 Å². The molecule has 0 fully saturated rings. The summed E-state index contributed by atoms with van der Waals surface area (Å²) in [7, 11) is 0. The molecule has 2 aliphatic rings. The molecule has 134 valence electrons. The van der Waals surface area contributed by atoms with Gasteiger partial charge in [-0.15, -0.1) is 6.42 Å². The van der Waals surface area contributed by atoms with Crippen LogP contribution in [0.25, 0.3) is 0 Å². The van der Waals surface area contributed by atoms with Crippen LogP contribution in [0, 0.1) is 18.2 Å². The Bertz CT molecular complexity index is 1020. The van der Waals surface area contributed by atoms with Crippen molar-refractivity contribution in [3.05, 3.63) is 53.3 Å². The van der Waals surface area contributed by atoms with Crippen LogP contribution in [0.5, 0.6) is 5.75 Å². The molecule has 3 amide bonds. The smallest absolute Gasteiger partial charge is 0.268 e. The molecule has 2 aromatic rings. The van der Waals surface area contributed by atoms with Crippen molar-refractivity contribution in [2.75, 3.05) is 16.3 Å². The maximum atomic E-state index is 14.8. The zero-order chi connectivity index (χ0) is 19.3. The number of carbonyl (C=O) groups is 3. The standard InChI is InChI=1S/C20H13FN2O4/c1-3-8-22-16-10-15(14(21)9-17(16)27-11(2)18(22)24)23-19(25)12-6-4-5-7-13(12)20(23)26/h1,4-7,9-11H,8H2,2H3. The van der Waals surface area contributed by atoms with Crippen molar-refractivity contribution in [3.63, 3.8) is 0 Å². The summed E-state index contributed by atoms with van der Waals surface area (Å²) in [5.41, 5.74) is 0.346. The molecule has 0 aliphatic carbocycles. The number of carbonyl (C=O) groups excluding carboxylic acids is 3. The molecule has 2 aliphatic heterocycles.